The molecule has 8 N–H and O–H groups in total. The number of nitrogens with zero attached hydrogens (tertiary/aromatic N) is 3. The molecular weight excluding hydrogens is 244 g/mol. The predicted molar refractivity (Wildman–Crippen MR) is 61.7 cm³/mol. The molecule has 1 rings (SSSR count). The van der Waals surface area contributed by atoms with Crippen LogP contribution in [0.2, 0.25) is 0 Å². The van der Waals surface area contributed by atoms with Crippen LogP contribution in [-0.2, 0) is 0 Å². The van der Waals surface area contributed by atoms with E-state index in [2.05, 4.69) is 0 Å². The van der Waals surface area contributed by atoms with Crippen LogP contribution >= 0.6 is 0 Å². The summed E-state index contributed by atoms with van der Waals surface area (Å²) in [6, 6.07) is -1.12. The molecule has 18 heavy (non-hydrogen) atoms. The Kier molecular flexibility index (Phi) is 4.81. The lowest BCUT2D eigenvalue weighted by Crippen LogP contribution is -2.67. The Labute approximate surface area is 103 Å². The lowest BCUT2D eigenvalue weighted by molar-refractivity contribution is -0.727. The number of aliphatic hydroxyl groups is 2. The molecular formula is C8H18N6O4. The van der Waals surface area contributed by atoms with E-state index in [1.165, 1.54) is 4.90 Å². The smallest absolute Gasteiger partial charge is 0.294 e. The van der Waals surface area contributed by atoms with Crippen molar-refractivity contribution in [2.24, 2.45) is 11.5 Å². The Hall–Kier alpha value is -1.46. The number of aliphatic hydroxyl groups excluding tert-OH is 2. The minimum atomic E-state index is -1.16. The molecule has 0 fully saturated rings. The normalized spacial score (nSPS) is 25.2. The van der Waals surface area contributed by atoms with E-state index < -0.39 is 18.0 Å². The molecule has 10 nitrogen and oxygen atoms in total. The van der Waals surface area contributed by atoms with E-state index in [1.807, 2.05) is 0 Å². The summed E-state index contributed by atoms with van der Waals surface area (Å²) in [5.41, 5.74) is 10.7. The summed E-state index contributed by atoms with van der Waals surface area (Å²) in [6.07, 6.45) is -1.16. The number of nitrogens with two attached hydrogens (primary N) is 2. The molecule has 0 saturated heterocycles. The van der Waals surface area contributed by atoms with Gasteiger partial charge in [-0.3, -0.25) is 15.8 Å². The van der Waals surface area contributed by atoms with Gasteiger partial charge in [0.1, 0.15) is 0 Å². The van der Waals surface area contributed by atoms with Crippen LogP contribution < -0.4 is 11.5 Å². The van der Waals surface area contributed by atoms with Crippen LogP contribution in [0.3, 0.4) is 0 Å². The van der Waals surface area contributed by atoms with Gasteiger partial charge in [-0.05, 0) is 0 Å². The second-order valence-electron chi connectivity index (χ2n) is 3.81. The fourth-order valence-corrected chi connectivity index (χ4v) is 1.74. The maximum Gasteiger partial charge on any atom is 0.294 e. The van der Waals surface area contributed by atoms with Crippen molar-refractivity contribution in [2.75, 3.05) is 26.3 Å². The third kappa shape index (κ3) is 2.52. The minimum absolute atomic E-state index is 0.00484. The van der Waals surface area contributed by atoms with Crippen LogP contribution in [0.25, 0.3) is 0 Å². The maximum absolute atomic E-state index is 11.5. The van der Waals surface area contributed by atoms with E-state index in [0.717, 1.165) is 0 Å². The van der Waals surface area contributed by atoms with Gasteiger partial charge >= 0.3 is 0 Å². The largest absolute Gasteiger partial charge is 0.691 e. The van der Waals surface area contributed by atoms with Crippen LogP contribution in [0.4, 0.5) is 0 Å². The van der Waals surface area contributed by atoms with E-state index >= 15 is 0 Å². The first-order valence-corrected chi connectivity index (χ1v) is 5.33. The summed E-state index contributed by atoms with van der Waals surface area (Å²) in [5, 5.41) is 47.0. The summed E-state index contributed by atoms with van der Waals surface area (Å²) in [5.74, 6) is -0.397. The first-order chi connectivity index (χ1) is 8.45. The quantitative estimate of drug-likeness (QED) is 0.218. The number of hydrogen-bond acceptors (Lipinski definition) is 9. The maximum atomic E-state index is 11.5. The van der Waals surface area contributed by atoms with Crippen molar-refractivity contribution < 1.29 is 20.3 Å². The minimum Gasteiger partial charge on any atom is -0.691 e. The van der Waals surface area contributed by atoms with Crippen molar-refractivity contribution in [3.05, 3.63) is 5.21 Å². The summed E-state index contributed by atoms with van der Waals surface area (Å²) in [6.45, 7) is -0.397. The Morgan fingerprint density at radius 1 is 1.39 bits per heavy atom. The van der Waals surface area contributed by atoms with Crippen molar-refractivity contribution in [3.63, 3.8) is 0 Å². The highest BCUT2D eigenvalue weighted by atomic mass is 16.7. The first-order valence-electron chi connectivity index (χ1n) is 5.33. The fraction of sp³-hybridized carbons (Fsp3) is 0.750. The highest BCUT2D eigenvalue weighted by molar-refractivity contribution is 6.09. The monoisotopic (exact) mass is 262 g/mol. The molecule has 0 bridgehead atoms. The number of nitrogens with one attached hydrogen (secondary N) is 1. The van der Waals surface area contributed by atoms with Crippen molar-refractivity contribution in [1.82, 2.24) is 10.1 Å². The summed E-state index contributed by atoms with van der Waals surface area (Å²) < 4.78 is 0. The number of rotatable bonds is 5. The fourth-order valence-electron chi connectivity index (χ4n) is 1.74. The molecule has 10 heteroatoms. The number of hydrogen-bond donors (Lipinski definition) is 6. The van der Waals surface area contributed by atoms with Crippen molar-refractivity contribution in [1.29, 1.82) is 5.41 Å². The highest BCUT2D eigenvalue weighted by Gasteiger charge is 2.41. The molecule has 1 aliphatic heterocycles. The number of hydrazone groups is 1. The van der Waals surface area contributed by atoms with Crippen molar-refractivity contribution >= 4 is 11.5 Å². The zero-order valence-corrected chi connectivity index (χ0v) is 9.73. The van der Waals surface area contributed by atoms with E-state index in [1.54, 1.807) is 0 Å². The zero-order chi connectivity index (χ0) is 13.9. The summed E-state index contributed by atoms with van der Waals surface area (Å²) in [4.78, 5) is 1.34. The van der Waals surface area contributed by atoms with Crippen LogP contribution in [0.15, 0.2) is 0 Å². The molecule has 0 aromatic heterocycles. The molecule has 0 saturated carbocycles. The Bertz CT molecular complexity index is 342. The van der Waals surface area contributed by atoms with E-state index in [0.29, 0.717) is 0 Å². The van der Waals surface area contributed by atoms with E-state index in [4.69, 9.17) is 27.1 Å². The Morgan fingerprint density at radius 2 is 1.89 bits per heavy atom. The zero-order valence-electron chi connectivity index (χ0n) is 9.73. The van der Waals surface area contributed by atoms with E-state index in [-0.39, 0.29) is 42.0 Å². The van der Waals surface area contributed by atoms with Crippen molar-refractivity contribution in [2.45, 2.75) is 12.2 Å². The molecule has 0 aromatic rings. The molecule has 1 heterocycles. The van der Waals surface area contributed by atoms with Gasteiger partial charge in [0, 0.05) is 13.1 Å². The van der Waals surface area contributed by atoms with Gasteiger partial charge in [0.05, 0.1) is 18.9 Å². The van der Waals surface area contributed by atoms with Crippen LogP contribution in [0, 0.1) is 10.6 Å². The second-order valence-corrected chi connectivity index (χ2v) is 3.81. The molecule has 2 atom stereocenters. The van der Waals surface area contributed by atoms with Gasteiger partial charge in [0.2, 0.25) is 0 Å². The molecule has 0 radical (unpaired) electrons. The molecule has 0 spiro atoms. The van der Waals surface area contributed by atoms with E-state index in [9.17, 15) is 10.4 Å². The first kappa shape index (κ1) is 14.6. The van der Waals surface area contributed by atoms with Gasteiger partial charge in [-0.1, -0.05) is 5.17 Å². The third-order valence-electron chi connectivity index (χ3n) is 2.68. The topological polar surface area (TPSA) is 169 Å². The Morgan fingerprint density at radius 3 is 2.33 bits per heavy atom. The molecule has 104 valence electrons. The molecule has 0 aliphatic carbocycles. The number of hydroxylamine groups is 1. The number of amidine groups is 1. The van der Waals surface area contributed by atoms with Crippen molar-refractivity contribution in [3.8, 4) is 0 Å². The highest BCUT2D eigenvalue weighted by Crippen LogP contribution is 2.12. The summed E-state index contributed by atoms with van der Waals surface area (Å²) >= 11 is 0. The van der Waals surface area contributed by atoms with Gasteiger partial charge in [0.15, 0.2) is 12.2 Å². The molecule has 0 aromatic carbocycles. The SMILES string of the molecule is N=C1C(N)C(N)=[N+]([O-])N(O)C1N(CCO)CCO. The van der Waals surface area contributed by atoms with Gasteiger partial charge in [-0.15, -0.1) is 4.85 Å². The lowest BCUT2D eigenvalue weighted by atomic mass is 10.1. The average molecular weight is 262 g/mol. The molecule has 1 aliphatic rings. The molecule has 2 unspecified atom stereocenters. The average Bonchev–Trinajstić information content (AvgIpc) is 2.35. The third-order valence-corrected chi connectivity index (χ3v) is 2.68. The lowest BCUT2D eigenvalue weighted by Gasteiger charge is -2.40. The van der Waals surface area contributed by atoms with Crippen LogP contribution in [0.5, 0.6) is 0 Å². The second kappa shape index (κ2) is 5.93. The predicted octanol–water partition coefficient (Wildman–Crippen LogP) is -3.57. The van der Waals surface area contributed by atoms with Gasteiger partial charge < -0.3 is 26.6 Å². The number of hydrazine groups is 1. The van der Waals surface area contributed by atoms with Gasteiger partial charge in [-0.25, -0.2) is 0 Å². The van der Waals surface area contributed by atoms with Crippen LogP contribution in [-0.4, -0.2) is 80.4 Å². The van der Waals surface area contributed by atoms with Crippen LogP contribution in [0.1, 0.15) is 0 Å². The van der Waals surface area contributed by atoms with Gasteiger partial charge in [-0.2, -0.15) is 0 Å². The van der Waals surface area contributed by atoms with Gasteiger partial charge in [0.25, 0.3) is 5.84 Å². The standard InChI is InChI=1S/C8H18N6O4/c9-5-6(10)8(12(1-3-15)2-4-16)14(18)13(17)7(5)11/h5,8,10,15-16,18H,1-4,9,11H2. The molecule has 0 amide bonds. The summed E-state index contributed by atoms with van der Waals surface area (Å²) in [7, 11) is 0. The Balaban J connectivity index is 3.02.